The minimum absolute atomic E-state index is 0.0814. The maximum Gasteiger partial charge on any atom is 0.241 e. The highest BCUT2D eigenvalue weighted by molar-refractivity contribution is 7.89. The fraction of sp³-hybridized carbons (Fsp3) is 0.435. The Hall–Kier alpha value is -2.58. The van der Waals surface area contributed by atoms with Crippen LogP contribution in [0.2, 0.25) is 0 Å². The van der Waals surface area contributed by atoms with Crippen LogP contribution in [0, 0.1) is 12.8 Å². The molecule has 8 heteroatoms. The molecule has 2 aromatic carbocycles. The van der Waals surface area contributed by atoms with Crippen molar-refractivity contribution >= 4 is 15.9 Å². The summed E-state index contributed by atoms with van der Waals surface area (Å²) in [6.45, 7) is 6.18. The number of aryl methyl sites for hydroxylation is 1. The first kappa shape index (κ1) is 24.7. The Morgan fingerprint density at radius 2 is 1.71 bits per heavy atom. The van der Waals surface area contributed by atoms with Crippen LogP contribution in [0.15, 0.2) is 47.4 Å². The first-order valence-corrected chi connectivity index (χ1v) is 11.6. The molecule has 31 heavy (non-hydrogen) atoms. The summed E-state index contributed by atoms with van der Waals surface area (Å²) in [4.78, 5) is 14.8. The molecule has 0 aromatic heterocycles. The number of rotatable bonds is 10. The normalized spacial score (nSPS) is 12.5. The van der Waals surface area contributed by atoms with Crippen molar-refractivity contribution in [2.24, 2.45) is 5.92 Å². The molecule has 170 valence electrons. The number of ether oxygens (including phenoxy) is 2. The standard InChI is InChI=1S/C23H32N2O5S/c1-16(2)13-21(24-31(27,28)20-10-8-19(29-5)9-11-20)23(26)25(4)15-18-14-17(3)7-12-22(18)30-6/h7-12,14,16,21,24H,13,15H2,1-6H3. The first-order valence-electron chi connectivity index (χ1n) is 10.1. The molecule has 7 nitrogen and oxygen atoms in total. The van der Waals surface area contributed by atoms with Crippen LogP contribution in [-0.2, 0) is 21.4 Å². The SMILES string of the molecule is COc1ccc(S(=O)(=O)NC(CC(C)C)C(=O)N(C)Cc2cc(C)ccc2OC)cc1. The molecule has 2 aromatic rings. The van der Waals surface area contributed by atoms with Gasteiger partial charge in [0.15, 0.2) is 0 Å². The zero-order valence-electron chi connectivity index (χ0n) is 19.0. The smallest absolute Gasteiger partial charge is 0.241 e. The number of methoxy groups -OCH3 is 2. The van der Waals surface area contributed by atoms with E-state index >= 15 is 0 Å². The van der Waals surface area contributed by atoms with Crippen LogP contribution in [-0.4, -0.2) is 46.5 Å². The topological polar surface area (TPSA) is 84.9 Å². The maximum atomic E-state index is 13.2. The number of carbonyl (C=O) groups excluding carboxylic acids is 1. The van der Waals surface area contributed by atoms with Gasteiger partial charge < -0.3 is 14.4 Å². The van der Waals surface area contributed by atoms with E-state index in [1.807, 2.05) is 39.0 Å². The molecule has 1 unspecified atom stereocenters. The average molecular weight is 449 g/mol. The van der Waals surface area contributed by atoms with Crippen LogP contribution >= 0.6 is 0 Å². The quantitative estimate of drug-likeness (QED) is 0.602. The zero-order chi connectivity index (χ0) is 23.2. The molecule has 0 fully saturated rings. The van der Waals surface area contributed by atoms with Crippen LogP contribution in [0.3, 0.4) is 0 Å². The molecular formula is C23H32N2O5S. The molecular weight excluding hydrogens is 416 g/mol. The summed E-state index contributed by atoms with van der Waals surface area (Å²) < 4.78 is 38.9. The highest BCUT2D eigenvalue weighted by Crippen LogP contribution is 2.22. The third-order valence-corrected chi connectivity index (χ3v) is 6.38. The van der Waals surface area contributed by atoms with Gasteiger partial charge in [0.1, 0.15) is 17.5 Å². The third-order valence-electron chi connectivity index (χ3n) is 4.89. The van der Waals surface area contributed by atoms with E-state index in [0.29, 0.717) is 24.5 Å². The van der Waals surface area contributed by atoms with Gasteiger partial charge in [0.2, 0.25) is 15.9 Å². The molecule has 0 saturated heterocycles. The van der Waals surface area contributed by atoms with Crippen molar-refractivity contribution in [3.63, 3.8) is 0 Å². The van der Waals surface area contributed by atoms with Crippen molar-refractivity contribution in [3.05, 3.63) is 53.6 Å². The summed E-state index contributed by atoms with van der Waals surface area (Å²) >= 11 is 0. The second kappa shape index (κ2) is 10.6. The van der Waals surface area contributed by atoms with E-state index in [-0.39, 0.29) is 16.7 Å². The van der Waals surface area contributed by atoms with Gasteiger partial charge in [0, 0.05) is 19.2 Å². The molecule has 0 aliphatic rings. The predicted octanol–water partition coefficient (Wildman–Crippen LogP) is 3.36. The van der Waals surface area contributed by atoms with Crippen LogP contribution in [0.4, 0.5) is 0 Å². The lowest BCUT2D eigenvalue weighted by atomic mass is 10.0. The number of hydrogen-bond acceptors (Lipinski definition) is 5. The molecule has 0 radical (unpaired) electrons. The number of sulfonamides is 1. The average Bonchev–Trinajstić information content (AvgIpc) is 2.72. The van der Waals surface area contributed by atoms with Gasteiger partial charge in [-0.3, -0.25) is 4.79 Å². The minimum Gasteiger partial charge on any atom is -0.497 e. The lowest BCUT2D eigenvalue weighted by molar-refractivity contribution is -0.132. The Morgan fingerprint density at radius 3 is 2.26 bits per heavy atom. The summed E-state index contributed by atoms with van der Waals surface area (Å²) in [5.74, 6) is 1.06. The van der Waals surface area contributed by atoms with E-state index < -0.39 is 16.1 Å². The highest BCUT2D eigenvalue weighted by Gasteiger charge is 2.29. The lowest BCUT2D eigenvalue weighted by Crippen LogP contribution is -2.47. The van der Waals surface area contributed by atoms with Gasteiger partial charge in [-0.2, -0.15) is 4.72 Å². The van der Waals surface area contributed by atoms with Crippen molar-refractivity contribution in [1.82, 2.24) is 9.62 Å². The highest BCUT2D eigenvalue weighted by atomic mass is 32.2. The predicted molar refractivity (Wildman–Crippen MR) is 121 cm³/mol. The summed E-state index contributed by atoms with van der Waals surface area (Å²) in [5.41, 5.74) is 1.91. The van der Waals surface area contributed by atoms with Crippen molar-refractivity contribution in [3.8, 4) is 11.5 Å². The van der Waals surface area contributed by atoms with E-state index in [1.165, 1.54) is 24.1 Å². The fourth-order valence-corrected chi connectivity index (χ4v) is 4.51. The van der Waals surface area contributed by atoms with Crippen molar-refractivity contribution in [2.45, 2.75) is 44.7 Å². The first-order chi connectivity index (χ1) is 14.6. The number of likely N-dealkylation sites (N-methyl/N-ethyl adjacent to an activating group) is 1. The fourth-order valence-electron chi connectivity index (χ4n) is 3.31. The van der Waals surface area contributed by atoms with Crippen LogP contribution < -0.4 is 14.2 Å². The second-order valence-electron chi connectivity index (χ2n) is 7.99. The lowest BCUT2D eigenvalue weighted by Gasteiger charge is -2.26. The number of hydrogen-bond donors (Lipinski definition) is 1. The molecule has 1 N–H and O–H groups in total. The minimum atomic E-state index is -3.88. The third kappa shape index (κ3) is 6.70. The van der Waals surface area contributed by atoms with Crippen molar-refractivity contribution < 1.29 is 22.7 Å². The summed E-state index contributed by atoms with van der Waals surface area (Å²) in [6, 6.07) is 10.9. The van der Waals surface area contributed by atoms with Crippen LogP contribution in [0.5, 0.6) is 11.5 Å². The van der Waals surface area contributed by atoms with Gasteiger partial charge in [-0.15, -0.1) is 0 Å². The molecule has 0 spiro atoms. The van der Waals surface area contributed by atoms with Crippen LogP contribution in [0.1, 0.15) is 31.4 Å². The van der Waals surface area contributed by atoms with Gasteiger partial charge in [-0.1, -0.05) is 31.5 Å². The Balaban J connectivity index is 2.24. The van der Waals surface area contributed by atoms with Crippen LogP contribution in [0.25, 0.3) is 0 Å². The van der Waals surface area contributed by atoms with Gasteiger partial charge in [-0.05, 0) is 49.6 Å². The maximum absolute atomic E-state index is 13.2. The number of carbonyl (C=O) groups is 1. The van der Waals surface area contributed by atoms with E-state index in [2.05, 4.69) is 4.72 Å². The number of nitrogens with zero attached hydrogens (tertiary/aromatic N) is 1. The Kier molecular flexibility index (Phi) is 8.47. The van der Waals surface area contributed by atoms with E-state index in [0.717, 1.165) is 11.1 Å². The number of amides is 1. The molecule has 0 aliphatic carbocycles. The van der Waals surface area contributed by atoms with Crippen molar-refractivity contribution in [2.75, 3.05) is 21.3 Å². The summed E-state index contributed by atoms with van der Waals surface area (Å²) in [7, 11) is 0.883. The second-order valence-corrected chi connectivity index (χ2v) is 9.70. The molecule has 0 aliphatic heterocycles. The molecule has 1 atom stereocenters. The molecule has 1 amide bonds. The largest absolute Gasteiger partial charge is 0.497 e. The van der Waals surface area contributed by atoms with Gasteiger partial charge in [0.05, 0.1) is 19.1 Å². The van der Waals surface area contributed by atoms with E-state index in [9.17, 15) is 13.2 Å². The van der Waals surface area contributed by atoms with Gasteiger partial charge in [-0.25, -0.2) is 8.42 Å². The zero-order valence-corrected chi connectivity index (χ0v) is 19.8. The monoisotopic (exact) mass is 448 g/mol. The molecule has 0 bridgehead atoms. The van der Waals surface area contributed by atoms with Gasteiger partial charge >= 0.3 is 0 Å². The molecule has 0 saturated carbocycles. The van der Waals surface area contributed by atoms with Crippen molar-refractivity contribution in [1.29, 1.82) is 0 Å². The summed E-state index contributed by atoms with van der Waals surface area (Å²) in [6.07, 6.45) is 0.378. The number of benzene rings is 2. The Bertz CT molecular complexity index is 988. The van der Waals surface area contributed by atoms with E-state index in [4.69, 9.17) is 9.47 Å². The van der Waals surface area contributed by atoms with Gasteiger partial charge in [0.25, 0.3) is 0 Å². The molecule has 0 heterocycles. The molecule has 2 rings (SSSR count). The Morgan fingerprint density at radius 1 is 1.06 bits per heavy atom. The number of nitrogens with one attached hydrogen (secondary N) is 1. The van der Waals surface area contributed by atoms with E-state index in [1.54, 1.807) is 26.3 Å². The summed E-state index contributed by atoms with van der Waals surface area (Å²) in [5, 5.41) is 0. The Labute approximate surface area is 185 Å².